The normalized spacial score (nSPS) is 12.1. The summed E-state index contributed by atoms with van der Waals surface area (Å²) < 4.78 is 4.70. The van der Waals surface area contributed by atoms with Gasteiger partial charge in [0.25, 0.3) is 5.69 Å². The van der Waals surface area contributed by atoms with E-state index in [4.69, 9.17) is 4.74 Å². The minimum atomic E-state index is -1.09. The van der Waals surface area contributed by atoms with E-state index in [-0.39, 0.29) is 24.5 Å². The molecule has 21 heavy (non-hydrogen) atoms. The Morgan fingerprint density at radius 2 is 2.00 bits per heavy atom. The van der Waals surface area contributed by atoms with E-state index in [0.29, 0.717) is 0 Å². The van der Waals surface area contributed by atoms with Gasteiger partial charge in [0.05, 0.1) is 11.5 Å². The number of ether oxygens (including phenoxy) is 1. The van der Waals surface area contributed by atoms with Gasteiger partial charge in [0.15, 0.2) is 11.0 Å². The van der Waals surface area contributed by atoms with Gasteiger partial charge in [0, 0.05) is 18.6 Å². The van der Waals surface area contributed by atoms with Crippen LogP contribution in [0.15, 0.2) is 30.3 Å². The first-order chi connectivity index (χ1) is 9.95. The van der Waals surface area contributed by atoms with E-state index >= 15 is 0 Å². The Kier molecular flexibility index (Phi) is 6.61. The van der Waals surface area contributed by atoms with Crippen LogP contribution in [0.25, 0.3) is 6.08 Å². The lowest BCUT2D eigenvalue weighted by molar-refractivity contribution is -0.384. The van der Waals surface area contributed by atoms with Gasteiger partial charge in [-0.2, -0.15) is 12.6 Å². The maximum Gasteiger partial charge on any atom is 0.326 e. The minimum absolute atomic E-state index is 0.000889. The summed E-state index contributed by atoms with van der Waals surface area (Å²) in [6.45, 7) is 1.85. The number of non-ortho nitro benzene ring substituents is 1. The van der Waals surface area contributed by atoms with Gasteiger partial charge in [0.2, 0.25) is 0 Å². The predicted molar refractivity (Wildman–Crippen MR) is 81.2 cm³/mol. The number of Topliss-reactive ketones (excluding diaryl/α,β-unsaturated/α-hetero) is 1. The van der Waals surface area contributed by atoms with E-state index in [1.165, 1.54) is 12.1 Å². The van der Waals surface area contributed by atoms with Crippen LogP contribution in [0.4, 0.5) is 5.69 Å². The van der Waals surface area contributed by atoms with E-state index in [0.717, 1.165) is 5.56 Å². The number of thiol groups is 1. The Morgan fingerprint density at radius 1 is 1.38 bits per heavy atom. The Morgan fingerprint density at radius 3 is 2.52 bits per heavy atom. The van der Waals surface area contributed by atoms with Gasteiger partial charge in [-0.05, 0) is 24.6 Å². The van der Waals surface area contributed by atoms with E-state index in [2.05, 4.69) is 12.6 Å². The molecule has 1 unspecified atom stereocenters. The first-order valence-corrected chi connectivity index (χ1v) is 6.75. The molecule has 0 fully saturated rings. The molecule has 112 valence electrons. The molecule has 0 saturated heterocycles. The van der Waals surface area contributed by atoms with Crippen molar-refractivity contribution in [2.24, 2.45) is 0 Å². The molecule has 0 heterocycles. The van der Waals surface area contributed by atoms with Crippen LogP contribution in [0, 0.1) is 10.1 Å². The molecule has 1 atom stereocenters. The highest BCUT2D eigenvalue weighted by Crippen LogP contribution is 2.13. The zero-order chi connectivity index (χ0) is 15.8. The molecule has 1 aromatic carbocycles. The fraction of sp³-hybridized carbons (Fsp3) is 0.286. The number of esters is 1. The SMILES string of the molecule is CCOC(=O)C(S)C(=O)C/C=C/c1ccc([N+](=O)[O-])cc1. The zero-order valence-corrected chi connectivity index (χ0v) is 12.3. The number of carbonyl (C=O) groups excluding carboxylic acids is 2. The Labute approximate surface area is 127 Å². The third-order valence-corrected chi connectivity index (χ3v) is 3.05. The van der Waals surface area contributed by atoms with Gasteiger partial charge in [-0.1, -0.05) is 12.2 Å². The highest BCUT2D eigenvalue weighted by atomic mass is 32.1. The molecule has 0 N–H and O–H groups in total. The van der Waals surface area contributed by atoms with E-state index < -0.39 is 16.1 Å². The highest BCUT2D eigenvalue weighted by Gasteiger charge is 2.22. The van der Waals surface area contributed by atoms with Crippen LogP contribution in [0.5, 0.6) is 0 Å². The van der Waals surface area contributed by atoms with Crippen molar-refractivity contribution in [1.29, 1.82) is 0 Å². The molecular formula is C14H15NO5S. The summed E-state index contributed by atoms with van der Waals surface area (Å²) in [6, 6.07) is 5.90. The first kappa shape index (κ1) is 16.9. The molecule has 1 rings (SSSR count). The number of rotatable bonds is 7. The van der Waals surface area contributed by atoms with Crippen LogP contribution in [-0.2, 0) is 14.3 Å². The molecule has 0 aliphatic heterocycles. The van der Waals surface area contributed by atoms with E-state index in [1.807, 2.05) is 0 Å². The molecule has 0 aliphatic rings. The number of nitro benzene ring substituents is 1. The van der Waals surface area contributed by atoms with Crippen molar-refractivity contribution in [1.82, 2.24) is 0 Å². The van der Waals surface area contributed by atoms with Crippen LogP contribution in [0.1, 0.15) is 18.9 Å². The summed E-state index contributed by atoms with van der Waals surface area (Å²) >= 11 is 3.92. The molecule has 0 spiro atoms. The van der Waals surface area contributed by atoms with E-state index in [1.54, 1.807) is 31.2 Å². The van der Waals surface area contributed by atoms with Crippen molar-refractivity contribution < 1.29 is 19.2 Å². The molecule has 0 radical (unpaired) electrons. The molecule has 0 saturated carbocycles. The number of carbonyl (C=O) groups is 2. The predicted octanol–water partition coefficient (Wildman–Crippen LogP) is 2.43. The second kappa shape index (κ2) is 8.21. The van der Waals surface area contributed by atoms with Crippen molar-refractivity contribution in [2.45, 2.75) is 18.6 Å². The average Bonchev–Trinajstić information content (AvgIpc) is 2.47. The van der Waals surface area contributed by atoms with Gasteiger partial charge in [-0.15, -0.1) is 0 Å². The standard InChI is InChI=1S/C14H15NO5S/c1-2-20-14(17)13(21)12(16)5-3-4-10-6-8-11(9-7-10)15(18)19/h3-4,6-9,13,21H,2,5H2,1H3/b4-3+. The summed E-state index contributed by atoms with van der Waals surface area (Å²) in [4.78, 5) is 33.0. The van der Waals surface area contributed by atoms with E-state index in [9.17, 15) is 19.7 Å². The van der Waals surface area contributed by atoms with Crippen LogP contribution in [0.2, 0.25) is 0 Å². The lowest BCUT2D eigenvalue weighted by Crippen LogP contribution is -2.26. The van der Waals surface area contributed by atoms with Gasteiger partial charge in [-0.25, -0.2) is 0 Å². The molecule has 0 bridgehead atoms. The summed E-state index contributed by atoms with van der Waals surface area (Å²) in [5.74, 6) is -1.02. The Balaban J connectivity index is 2.55. The van der Waals surface area contributed by atoms with Crippen molar-refractivity contribution in [3.63, 3.8) is 0 Å². The third kappa shape index (κ3) is 5.39. The zero-order valence-electron chi connectivity index (χ0n) is 11.4. The third-order valence-electron chi connectivity index (χ3n) is 2.55. The molecule has 0 amide bonds. The number of hydrogen-bond donors (Lipinski definition) is 1. The second-order valence-corrected chi connectivity index (χ2v) is 4.59. The number of allylic oxidation sites excluding steroid dienone is 1. The largest absolute Gasteiger partial charge is 0.465 e. The van der Waals surface area contributed by atoms with Crippen molar-refractivity contribution in [3.05, 3.63) is 46.0 Å². The van der Waals surface area contributed by atoms with Gasteiger partial charge in [0.1, 0.15) is 0 Å². The number of benzene rings is 1. The Bertz CT molecular complexity index is 553. The Hall–Kier alpha value is -2.15. The fourth-order valence-corrected chi connectivity index (χ4v) is 1.66. The molecule has 1 aromatic rings. The summed E-state index contributed by atoms with van der Waals surface area (Å²) in [5, 5.41) is 9.41. The number of ketones is 1. The number of hydrogen-bond acceptors (Lipinski definition) is 6. The highest BCUT2D eigenvalue weighted by molar-refractivity contribution is 7.82. The second-order valence-electron chi connectivity index (χ2n) is 4.08. The topological polar surface area (TPSA) is 86.5 Å². The van der Waals surface area contributed by atoms with Crippen LogP contribution in [0.3, 0.4) is 0 Å². The number of nitro groups is 1. The minimum Gasteiger partial charge on any atom is -0.465 e. The molecule has 6 nitrogen and oxygen atoms in total. The molecular weight excluding hydrogens is 294 g/mol. The summed E-state index contributed by atoms with van der Waals surface area (Å²) in [5.41, 5.74) is 0.723. The first-order valence-electron chi connectivity index (χ1n) is 6.24. The monoisotopic (exact) mass is 309 g/mol. The fourth-order valence-electron chi connectivity index (χ4n) is 1.48. The lowest BCUT2D eigenvalue weighted by Gasteiger charge is -2.06. The summed E-state index contributed by atoms with van der Waals surface area (Å²) in [6.07, 6.45) is 3.25. The van der Waals surface area contributed by atoms with Crippen molar-refractivity contribution >= 4 is 36.1 Å². The molecule has 0 aliphatic carbocycles. The lowest BCUT2D eigenvalue weighted by atomic mass is 10.1. The van der Waals surface area contributed by atoms with Crippen molar-refractivity contribution in [3.8, 4) is 0 Å². The number of nitrogens with zero attached hydrogens (tertiary/aromatic N) is 1. The van der Waals surface area contributed by atoms with Gasteiger partial charge < -0.3 is 4.74 Å². The van der Waals surface area contributed by atoms with Crippen LogP contribution < -0.4 is 0 Å². The maximum atomic E-state index is 11.7. The molecule has 0 aromatic heterocycles. The van der Waals surface area contributed by atoms with Crippen molar-refractivity contribution in [2.75, 3.05) is 6.61 Å². The van der Waals surface area contributed by atoms with Gasteiger partial charge >= 0.3 is 5.97 Å². The summed E-state index contributed by atoms with van der Waals surface area (Å²) in [7, 11) is 0. The van der Waals surface area contributed by atoms with Crippen LogP contribution >= 0.6 is 12.6 Å². The van der Waals surface area contributed by atoms with Crippen LogP contribution in [-0.4, -0.2) is 28.5 Å². The van der Waals surface area contributed by atoms with Gasteiger partial charge in [-0.3, -0.25) is 19.7 Å². The maximum absolute atomic E-state index is 11.7. The molecule has 7 heteroatoms. The smallest absolute Gasteiger partial charge is 0.326 e. The average molecular weight is 309 g/mol. The quantitative estimate of drug-likeness (QED) is 0.275.